The summed E-state index contributed by atoms with van der Waals surface area (Å²) in [5.41, 5.74) is 40.6. The van der Waals surface area contributed by atoms with Gasteiger partial charge in [-0.25, -0.2) is 0 Å². The zero-order valence-corrected chi connectivity index (χ0v) is 59.3. The van der Waals surface area contributed by atoms with Crippen molar-refractivity contribution in [1.29, 1.82) is 0 Å². The molecule has 0 aromatic heterocycles. The Morgan fingerprint density at radius 1 is 0.159 bits per heavy atom. The van der Waals surface area contributed by atoms with Crippen LogP contribution in [0.25, 0.3) is 33.4 Å². The van der Waals surface area contributed by atoms with Crippen molar-refractivity contribution in [2.24, 2.45) is 0 Å². The Labute approximate surface area is 622 Å². The topological polar surface area (TPSA) is 44.8 Å². The molecule has 4 nitrogen and oxygen atoms in total. The van der Waals surface area contributed by atoms with Gasteiger partial charge in [0.2, 0.25) is 0 Å². The maximum Gasteiger partial charge on any atom is 0.647 e. The van der Waals surface area contributed by atoms with Crippen LogP contribution >= 0.6 is 7.82 Å². The lowest BCUT2D eigenvalue weighted by Gasteiger charge is -2.50. The Bertz CT molecular complexity index is 5580. The molecule has 107 heavy (non-hydrogen) atoms. The van der Waals surface area contributed by atoms with Gasteiger partial charge < -0.3 is 13.6 Å². The van der Waals surface area contributed by atoms with Crippen molar-refractivity contribution >= 4 is 7.82 Å². The van der Waals surface area contributed by atoms with Crippen LogP contribution in [-0.4, -0.2) is 0 Å². The minimum Gasteiger partial charge on any atom is -0.386 e. The molecule has 0 amide bonds. The molecular formula is C102H69O4P. The summed E-state index contributed by atoms with van der Waals surface area (Å²) in [4.78, 5) is 0. The summed E-state index contributed by atoms with van der Waals surface area (Å²) in [6.07, 6.45) is 0. The SMILES string of the molecule is O=P(Oc1ccc(-c2cccc3c2C2c4ccccc4C3C3c4ccccc4C2c2ccccc23)cc1)(Oc1ccc(-c2cccc3c2C2c4ccccc4C3C3c4ccccc4C2c2ccccc23)cc1)Oc1ccc(-c2cccc3c2C2c4ccccc4C3C3c4ccccc4C2c2ccccc23)cc1. The predicted octanol–water partition coefficient (Wildman–Crippen LogP) is 24.9. The fraction of sp³-hybridized carbons (Fsp3) is 0.118. The number of benzene rings is 15. The molecule has 15 aromatic carbocycles. The van der Waals surface area contributed by atoms with Crippen LogP contribution in [0.15, 0.2) is 346 Å². The van der Waals surface area contributed by atoms with Gasteiger partial charge in [-0.3, -0.25) is 0 Å². The van der Waals surface area contributed by atoms with Crippen molar-refractivity contribution in [1.82, 2.24) is 0 Å². The molecule has 33 rings (SSSR count). The fourth-order valence-electron chi connectivity index (χ4n) is 22.8. The van der Waals surface area contributed by atoms with Crippen LogP contribution in [0.5, 0.6) is 17.2 Å². The maximum atomic E-state index is 16.3. The monoisotopic (exact) mass is 1390 g/mol. The summed E-state index contributed by atoms with van der Waals surface area (Å²) in [5, 5.41) is 0. The third-order valence-corrected chi connectivity index (χ3v) is 27.8. The highest BCUT2D eigenvalue weighted by Gasteiger charge is 2.54. The van der Waals surface area contributed by atoms with Crippen molar-refractivity contribution in [3.63, 3.8) is 0 Å². The highest BCUT2D eigenvalue weighted by Crippen LogP contribution is 2.69. The summed E-state index contributed by atoms with van der Waals surface area (Å²) in [5.74, 6) is 2.44. The summed E-state index contributed by atoms with van der Waals surface area (Å²) in [6, 6.07) is 128. The van der Waals surface area contributed by atoms with E-state index < -0.39 is 7.82 Å². The Kier molecular flexibility index (Phi) is 12.8. The predicted molar refractivity (Wildman–Crippen MR) is 425 cm³/mol. The van der Waals surface area contributed by atoms with Gasteiger partial charge in [0.25, 0.3) is 0 Å². The molecule has 0 N–H and O–H groups in total. The van der Waals surface area contributed by atoms with E-state index >= 15 is 4.57 Å². The molecule has 0 saturated carbocycles. The molecule has 0 spiro atoms. The zero-order valence-electron chi connectivity index (χ0n) is 58.4. The smallest absolute Gasteiger partial charge is 0.386 e. The number of hydrogen-bond acceptors (Lipinski definition) is 4. The standard InChI is InChI=1S/C102H69O4P/c103-107(104-61-52-46-58(47-53-61)64-40-19-43-85-88(64)100-82-37-16-13-34-79(82)97(85)91-67-22-1-7-28-73(67)94(100)74-29-8-2-23-68(74)91,105-62-54-48-59(49-55-62)65-41-20-44-86-89(65)101-83-38-17-14-35-80(83)98(86)92-69-24-3-9-30-75(69)95(101)76-31-10-4-25-70(76)92)106-63-56-50-60(51-57-63)66-42-21-45-87-90(66)102-84-39-18-15-36-81(84)99(87)93-71-26-5-11-32-77(71)96(102)78-33-12-6-27-72(78)93/h1-57,91-102H. The van der Waals surface area contributed by atoms with Crippen LogP contribution in [0.3, 0.4) is 0 Å². The van der Waals surface area contributed by atoms with Crippen LogP contribution < -0.4 is 13.6 Å². The summed E-state index contributed by atoms with van der Waals surface area (Å²) < 4.78 is 36.8. The highest BCUT2D eigenvalue weighted by molar-refractivity contribution is 7.49. The lowest BCUT2D eigenvalue weighted by Crippen LogP contribution is -2.36. The lowest BCUT2D eigenvalue weighted by atomic mass is 9.52. The second-order valence-electron chi connectivity index (χ2n) is 31.1. The number of phosphoric acid groups is 1. The molecular weight excluding hydrogens is 1320 g/mol. The second-order valence-corrected chi connectivity index (χ2v) is 32.6. The highest BCUT2D eigenvalue weighted by atomic mass is 31.2. The fourth-order valence-corrected chi connectivity index (χ4v) is 24.1. The molecule has 0 radical (unpaired) electrons. The summed E-state index contributed by atoms with van der Waals surface area (Å²) >= 11 is 0. The number of hydrogen-bond donors (Lipinski definition) is 0. The quantitative estimate of drug-likeness (QED) is 0.135. The van der Waals surface area contributed by atoms with Gasteiger partial charge >= 0.3 is 7.82 Å². The van der Waals surface area contributed by atoms with E-state index in [-0.39, 0.29) is 71.0 Å². The molecule has 15 aromatic rings. The molecule has 0 saturated heterocycles. The summed E-state index contributed by atoms with van der Waals surface area (Å²) in [7, 11) is -4.58. The van der Waals surface area contributed by atoms with Crippen LogP contribution in [-0.2, 0) is 4.57 Å². The molecule has 0 heterocycles. The summed E-state index contributed by atoms with van der Waals surface area (Å²) in [6.45, 7) is 0. The largest absolute Gasteiger partial charge is 0.647 e. The lowest BCUT2D eigenvalue weighted by molar-refractivity contribution is 0.298. The molecule has 6 unspecified atom stereocenters. The van der Waals surface area contributed by atoms with Crippen molar-refractivity contribution in [3.05, 3.63) is 479 Å². The van der Waals surface area contributed by atoms with Gasteiger partial charge in [-0.1, -0.05) is 309 Å². The number of phosphoric ester groups is 1. The maximum absolute atomic E-state index is 16.3. The van der Waals surface area contributed by atoms with Crippen molar-refractivity contribution < 1.29 is 18.1 Å². The minimum atomic E-state index is -4.58. The van der Waals surface area contributed by atoms with E-state index in [1.165, 1.54) is 150 Å². The van der Waals surface area contributed by atoms with Crippen LogP contribution in [0.1, 0.15) is 205 Å². The zero-order chi connectivity index (χ0) is 69.9. The van der Waals surface area contributed by atoms with Crippen LogP contribution in [0, 0.1) is 0 Å². The van der Waals surface area contributed by atoms with Crippen LogP contribution in [0.4, 0.5) is 0 Å². The van der Waals surface area contributed by atoms with Gasteiger partial charge in [0, 0.05) is 71.0 Å². The van der Waals surface area contributed by atoms with E-state index in [0.29, 0.717) is 17.2 Å². The first-order valence-electron chi connectivity index (χ1n) is 38.2. The van der Waals surface area contributed by atoms with Crippen LogP contribution in [0.2, 0.25) is 0 Å². The van der Waals surface area contributed by atoms with E-state index in [1.54, 1.807) is 0 Å². The Morgan fingerprint density at radius 3 is 0.495 bits per heavy atom. The first-order chi connectivity index (χ1) is 53.0. The molecule has 0 fully saturated rings. The molecule has 6 atom stereocenters. The number of rotatable bonds is 9. The minimum absolute atomic E-state index is 0.0598. The third kappa shape index (κ3) is 8.48. The molecule has 18 aliphatic carbocycles. The van der Waals surface area contributed by atoms with Crippen molar-refractivity contribution in [2.45, 2.75) is 71.0 Å². The van der Waals surface area contributed by atoms with E-state index in [4.69, 9.17) is 13.6 Å². The average molecular weight is 1390 g/mol. The molecule has 12 bridgehead atoms. The van der Waals surface area contributed by atoms with Gasteiger partial charge in [0.15, 0.2) is 0 Å². The average Bonchev–Trinajstić information content (AvgIpc) is 0.697. The van der Waals surface area contributed by atoms with Gasteiger partial charge in [-0.2, -0.15) is 4.57 Å². The molecule has 506 valence electrons. The molecule has 0 aliphatic heterocycles. The Balaban J connectivity index is 0.605. The Hall–Kier alpha value is -12.1. The van der Waals surface area contributed by atoms with E-state index in [2.05, 4.69) is 309 Å². The normalized spacial score (nSPS) is 23.1. The Morgan fingerprint density at radius 2 is 0.308 bits per heavy atom. The van der Waals surface area contributed by atoms with Gasteiger partial charge in [0.05, 0.1) is 0 Å². The molecule has 18 aliphatic rings. The first kappa shape index (κ1) is 60.2. The van der Waals surface area contributed by atoms with E-state index in [0.717, 1.165) is 16.7 Å². The van der Waals surface area contributed by atoms with E-state index in [1.807, 2.05) is 36.4 Å². The van der Waals surface area contributed by atoms with Gasteiger partial charge in [-0.05, 0) is 203 Å². The first-order valence-corrected chi connectivity index (χ1v) is 39.6. The van der Waals surface area contributed by atoms with Crippen molar-refractivity contribution in [2.75, 3.05) is 0 Å². The van der Waals surface area contributed by atoms with Gasteiger partial charge in [0.1, 0.15) is 17.2 Å². The molecule has 5 heteroatoms. The van der Waals surface area contributed by atoms with E-state index in [9.17, 15) is 0 Å². The third-order valence-electron chi connectivity index (χ3n) is 26.5. The van der Waals surface area contributed by atoms with Crippen molar-refractivity contribution in [3.8, 4) is 50.6 Å². The van der Waals surface area contributed by atoms with Gasteiger partial charge in [-0.15, -0.1) is 0 Å². The second kappa shape index (κ2) is 22.7.